The summed E-state index contributed by atoms with van der Waals surface area (Å²) in [6, 6.07) is 16.3. The fraction of sp³-hybridized carbons (Fsp3) is 0.0769. The first-order valence-corrected chi connectivity index (χ1v) is 5.06. The van der Waals surface area contributed by atoms with E-state index in [1.165, 1.54) is 16.3 Å². The monoisotopic (exact) mass is 198 g/mol. The van der Waals surface area contributed by atoms with Gasteiger partial charge in [0.2, 0.25) is 0 Å². The van der Waals surface area contributed by atoms with Gasteiger partial charge < -0.3 is 4.74 Å². The normalized spacial score (nSPS) is 13.9. The molecule has 0 saturated carbocycles. The summed E-state index contributed by atoms with van der Waals surface area (Å²) in [7, 11) is 2.14. The Morgan fingerprint density at radius 3 is 1.80 bits per heavy atom. The molecule has 2 aromatic carbocycles. The maximum absolute atomic E-state index is 5.83. The second kappa shape index (κ2) is 3.11. The van der Waals surface area contributed by atoms with Crippen molar-refractivity contribution in [3.8, 4) is 11.5 Å². The van der Waals surface area contributed by atoms with Crippen LogP contribution in [0.2, 0.25) is 0 Å². The number of hydrogen-bond acceptors (Lipinski definition) is 1. The molecule has 3 rings (SSSR count). The highest BCUT2D eigenvalue weighted by molar-refractivity contribution is 5.59. The Morgan fingerprint density at radius 1 is 0.800 bits per heavy atom. The lowest BCUT2D eigenvalue weighted by atomic mass is 10.2. The van der Waals surface area contributed by atoms with E-state index in [-0.39, 0.29) is 0 Å². The molecule has 74 valence electrons. The van der Waals surface area contributed by atoms with Gasteiger partial charge in [0.25, 0.3) is 0 Å². The predicted molar refractivity (Wildman–Crippen MR) is 59.2 cm³/mol. The number of para-hydroxylation sites is 4. The quantitative estimate of drug-likeness (QED) is 0.685. The van der Waals surface area contributed by atoms with Gasteiger partial charge in [0.15, 0.2) is 22.9 Å². The number of nitrogens with one attached hydrogen (secondary N) is 1. The Hall–Kier alpha value is -1.80. The maximum atomic E-state index is 5.83. The fourth-order valence-corrected chi connectivity index (χ4v) is 1.99. The summed E-state index contributed by atoms with van der Waals surface area (Å²) in [5.74, 6) is 1.91. The Kier molecular flexibility index (Phi) is 1.76. The van der Waals surface area contributed by atoms with E-state index in [1.54, 1.807) is 0 Å². The van der Waals surface area contributed by atoms with Gasteiger partial charge in [0, 0.05) is 12.1 Å². The molecule has 1 aliphatic heterocycles. The van der Waals surface area contributed by atoms with Crippen molar-refractivity contribution in [2.24, 2.45) is 0 Å². The number of rotatable bonds is 0. The Bertz CT molecular complexity index is 462. The summed E-state index contributed by atoms with van der Waals surface area (Å²) in [6.45, 7) is 0. The van der Waals surface area contributed by atoms with Gasteiger partial charge in [0.05, 0.1) is 7.05 Å². The summed E-state index contributed by atoms with van der Waals surface area (Å²) in [5, 5.41) is 0. The van der Waals surface area contributed by atoms with E-state index in [1.807, 2.05) is 36.4 Å². The van der Waals surface area contributed by atoms with Gasteiger partial charge in [-0.2, -0.15) is 0 Å². The molecule has 15 heavy (non-hydrogen) atoms. The highest BCUT2D eigenvalue weighted by Crippen LogP contribution is 2.35. The lowest BCUT2D eigenvalue weighted by Crippen LogP contribution is -2.99. The average molecular weight is 198 g/mol. The van der Waals surface area contributed by atoms with Gasteiger partial charge in [-0.1, -0.05) is 24.3 Å². The lowest BCUT2D eigenvalue weighted by molar-refractivity contribution is -0.737. The van der Waals surface area contributed by atoms with Gasteiger partial charge in [-0.05, 0) is 12.1 Å². The summed E-state index contributed by atoms with van der Waals surface area (Å²) in [6.07, 6.45) is 0. The molecule has 1 aliphatic rings. The first-order chi connectivity index (χ1) is 7.36. The number of benzene rings is 2. The number of ether oxygens (including phenoxy) is 1. The molecule has 0 aliphatic carbocycles. The van der Waals surface area contributed by atoms with Crippen molar-refractivity contribution >= 4 is 11.4 Å². The highest BCUT2D eigenvalue weighted by Gasteiger charge is 2.25. The summed E-state index contributed by atoms with van der Waals surface area (Å²) in [4.78, 5) is 1.28. The standard InChI is InChI=1S/C13H11NO/c1-14-10-6-2-4-8-12(10)15-13-9-5-3-7-11(13)14/h2-9H,1H3/p+1. The third kappa shape index (κ3) is 1.22. The van der Waals surface area contributed by atoms with E-state index in [0.717, 1.165) is 11.5 Å². The zero-order valence-corrected chi connectivity index (χ0v) is 8.53. The van der Waals surface area contributed by atoms with Crippen molar-refractivity contribution in [2.45, 2.75) is 0 Å². The molecule has 0 spiro atoms. The third-order valence-corrected chi connectivity index (χ3v) is 2.80. The molecule has 2 aromatic rings. The predicted octanol–water partition coefficient (Wildman–Crippen LogP) is 2.27. The Labute approximate surface area is 88.7 Å². The highest BCUT2D eigenvalue weighted by atomic mass is 16.5. The minimum atomic E-state index is 0.953. The zero-order chi connectivity index (χ0) is 10.3. The van der Waals surface area contributed by atoms with Crippen LogP contribution >= 0.6 is 0 Å². The van der Waals surface area contributed by atoms with Crippen LogP contribution in [0.3, 0.4) is 0 Å². The van der Waals surface area contributed by atoms with Crippen LogP contribution in [0.25, 0.3) is 0 Å². The van der Waals surface area contributed by atoms with Crippen LogP contribution in [0.15, 0.2) is 48.5 Å². The Balaban J connectivity index is 2.20. The van der Waals surface area contributed by atoms with Gasteiger partial charge in [-0.25, -0.2) is 0 Å². The van der Waals surface area contributed by atoms with E-state index in [4.69, 9.17) is 4.74 Å². The molecule has 0 amide bonds. The van der Waals surface area contributed by atoms with Crippen molar-refractivity contribution in [3.63, 3.8) is 0 Å². The molecular weight excluding hydrogens is 186 g/mol. The van der Waals surface area contributed by atoms with Gasteiger partial charge >= 0.3 is 0 Å². The first kappa shape index (κ1) is 8.50. The van der Waals surface area contributed by atoms with Crippen LogP contribution < -0.4 is 9.64 Å². The van der Waals surface area contributed by atoms with Crippen LogP contribution in [-0.4, -0.2) is 7.05 Å². The van der Waals surface area contributed by atoms with Crippen LogP contribution in [0.5, 0.6) is 11.5 Å². The summed E-state index contributed by atoms with van der Waals surface area (Å²) < 4.78 is 5.83. The van der Waals surface area contributed by atoms with Crippen molar-refractivity contribution in [1.29, 1.82) is 0 Å². The van der Waals surface area contributed by atoms with Gasteiger partial charge in [-0.3, -0.25) is 4.90 Å². The van der Waals surface area contributed by atoms with Crippen molar-refractivity contribution in [2.75, 3.05) is 7.05 Å². The molecule has 2 heteroatoms. The molecule has 0 bridgehead atoms. The van der Waals surface area contributed by atoms with E-state index in [2.05, 4.69) is 19.2 Å². The molecule has 1 N–H and O–H groups in total. The fourth-order valence-electron chi connectivity index (χ4n) is 1.99. The molecule has 2 nitrogen and oxygen atoms in total. The second-order valence-corrected chi connectivity index (χ2v) is 3.72. The van der Waals surface area contributed by atoms with Crippen LogP contribution in [0, 0.1) is 0 Å². The van der Waals surface area contributed by atoms with E-state index >= 15 is 0 Å². The van der Waals surface area contributed by atoms with Crippen molar-refractivity contribution < 1.29 is 9.64 Å². The minimum Gasteiger partial charge on any atom is -0.445 e. The molecular formula is C13H12NO+. The minimum absolute atomic E-state index is 0.953. The topological polar surface area (TPSA) is 13.7 Å². The Morgan fingerprint density at radius 2 is 1.27 bits per heavy atom. The van der Waals surface area contributed by atoms with E-state index in [9.17, 15) is 0 Å². The molecule has 1 heterocycles. The average Bonchev–Trinajstić information content (AvgIpc) is 2.30. The zero-order valence-electron chi connectivity index (χ0n) is 8.53. The largest absolute Gasteiger partial charge is 0.445 e. The first-order valence-electron chi connectivity index (χ1n) is 5.06. The molecule has 0 unspecified atom stereocenters. The summed E-state index contributed by atoms with van der Waals surface area (Å²) >= 11 is 0. The smallest absolute Gasteiger partial charge is 0.188 e. The number of hydrogen-bond donors (Lipinski definition) is 1. The third-order valence-electron chi connectivity index (χ3n) is 2.80. The van der Waals surface area contributed by atoms with Crippen LogP contribution in [0.1, 0.15) is 0 Å². The molecule has 0 atom stereocenters. The van der Waals surface area contributed by atoms with Crippen molar-refractivity contribution in [1.82, 2.24) is 0 Å². The summed E-state index contributed by atoms with van der Waals surface area (Å²) in [5.41, 5.74) is 2.38. The molecule has 0 radical (unpaired) electrons. The SMILES string of the molecule is C[NH+]1c2ccccc2Oc2ccccc21. The molecule has 0 saturated heterocycles. The molecule has 0 fully saturated rings. The van der Waals surface area contributed by atoms with Crippen LogP contribution in [-0.2, 0) is 0 Å². The number of fused-ring (bicyclic) bond motifs is 2. The van der Waals surface area contributed by atoms with Gasteiger partial charge in [-0.15, -0.1) is 0 Å². The molecule has 0 aromatic heterocycles. The second-order valence-electron chi connectivity index (χ2n) is 3.72. The van der Waals surface area contributed by atoms with E-state index in [0.29, 0.717) is 0 Å². The lowest BCUT2D eigenvalue weighted by Gasteiger charge is -2.23. The van der Waals surface area contributed by atoms with E-state index < -0.39 is 0 Å². The van der Waals surface area contributed by atoms with Gasteiger partial charge in [0.1, 0.15) is 0 Å². The van der Waals surface area contributed by atoms with Crippen LogP contribution in [0.4, 0.5) is 11.4 Å². The maximum Gasteiger partial charge on any atom is 0.188 e. The number of quaternary nitrogens is 1. The van der Waals surface area contributed by atoms with Crippen molar-refractivity contribution in [3.05, 3.63) is 48.5 Å².